The van der Waals surface area contributed by atoms with Crippen molar-refractivity contribution in [2.24, 2.45) is 4.99 Å². The lowest BCUT2D eigenvalue weighted by Gasteiger charge is -2.24. The highest BCUT2D eigenvalue weighted by molar-refractivity contribution is 7.97. The van der Waals surface area contributed by atoms with Crippen molar-refractivity contribution < 1.29 is 8.42 Å². The molecule has 5 rings (SSSR count). The monoisotopic (exact) mass is 485 g/mol. The predicted molar refractivity (Wildman–Crippen MR) is 128 cm³/mol. The fourth-order valence-corrected chi connectivity index (χ4v) is 6.07. The number of amidine groups is 1. The van der Waals surface area contributed by atoms with Gasteiger partial charge in [-0.05, 0) is 59.5 Å². The largest absolute Gasteiger partial charge is 0.300 e. The van der Waals surface area contributed by atoms with Crippen molar-refractivity contribution >= 4 is 50.6 Å². The number of H-pyrrole nitrogens is 1. The van der Waals surface area contributed by atoms with Crippen LogP contribution in [0.25, 0.3) is 0 Å². The van der Waals surface area contributed by atoms with Gasteiger partial charge in [-0.15, -0.1) is 11.3 Å². The van der Waals surface area contributed by atoms with E-state index in [4.69, 9.17) is 0 Å². The Balaban J connectivity index is 1.30. The third kappa shape index (κ3) is 4.43. The van der Waals surface area contributed by atoms with Crippen molar-refractivity contribution in [1.82, 2.24) is 19.4 Å². The summed E-state index contributed by atoms with van der Waals surface area (Å²) in [7, 11) is -3.56. The molecule has 12 heteroatoms. The molecule has 1 radical (unpaired) electrons. The Labute approximate surface area is 193 Å². The number of aromatic amines is 1. The Hall–Kier alpha value is -3.06. The number of nitrogens with one attached hydrogen (secondary N) is 3. The normalized spacial score (nSPS) is 16.0. The van der Waals surface area contributed by atoms with Crippen LogP contribution < -0.4 is 14.9 Å². The first kappa shape index (κ1) is 20.8. The Morgan fingerprint density at radius 3 is 2.81 bits per heavy atom. The van der Waals surface area contributed by atoms with Crippen molar-refractivity contribution in [3.63, 3.8) is 0 Å². The van der Waals surface area contributed by atoms with E-state index in [9.17, 15) is 8.42 Å². The van der Waals surface area contributed by atoms with Crippen LogP contribution in [-0.2, 0) is 10.0 Å². The smallest absolute Gasteiger partial charge is 0.285 e. The van der Waals surface area contributed by atoms with E-state index in [2.05, 4.69) is 29.5 Å². The fraction of sp³-hybridized carbons (Fsp3) is 0.100. The second kappa shape index (κ2) is 8.47. The average molecular weight is 486 g/mol. The molecule has 0 saturated carbocycles. The number of sulfonamides is 1. The molecule has 2 aliphatic rings. The van der Waals surface area contributed by atoms with Gasteiger partial charge < -0.3 is 0 Å². The molecule has 2 aromatic heterocycles. The van der Waals surface area contributed by atoms with Gasteiger partial charge in [-0.3, -0.25) is 19.4 Å². The quantitative estimate of drug-likeness (QED) is 0.347. The van der Waals surface area contributed by atoms with E-state index in [1.54, 1.807) is 35.8 Å². The van der Waals surface area contributed by atoms with Gasteiger partial charge in [0.05, 0.1) is 12.4 Å². The van der Waals surface area contributed by atoms with Gasteiger partial charge in [0.15, 0.2) is 12.0 Å². The number of nitrogens with zero attached hydrogens (tertiary/aromatic N) is 4. The standard InChI is InChI=1S/C20H19N7O2S3/c1-14-11-17(24-23-14)22-19-13-26(12-18-21-8-9-27(18)19)31-16-6-4-15(5-7-16)25-32(28,29)20-3-2-10-30-20/h2-11,13,25H,12H2,1H3,(H2,22,23,24)/q+1. The second-order valence-corrected chi connectivity index (χ2v) is 11.0. The topological polar surface area (TPSA) is 108 Å². The average Bonchev–Trinajstić information content (AvgIpc) is 3.51. The molecule has 3 aromatic rings. The van der Waals surface area contributed by atoms with Gasteiger partial charge in [-0.1, -0.05) is 6.07 Å². The SMILES string of the molecule is Cc1cc(NC2=CN(Sc3ccc(NS(=O)(=O)c4cccs4)cc3)CC3=NC=C[N+]23)n[nH]1. The molecular formula is C20H19N7O2S3+. The summed E-state index contributed by atoms with van der Waals surface area (Å²) in [6.07, 6.45) is 5.67. The molecule has 0 unspecified atom stereocenters. The molecular weight excluding hydrogens is 466 g/mol. The molecule has 3 N–H and O–H groups in total. The summed E-state index contributed by atoms with van der Waals surface area (Å²) in [5, 5.41) is 12.2. The van der Waals surface area contributed by atoms with Crippen molar-refractivity contribution in [2.45, 2.75) is 16.0 Å². The van der Waals surface area contributed by atoms with Crippen LogP contribution in [0.1, 0.15) is 5.69 Å². The van der Waals surface area contributed by atoms with E-state index in [1.165, 1.54) is 23.3 Å². The minimum absolute atomic E-state index is 0.289. The Morgan fingerprint density at radius 1 is 1.25 bits per heavy atom. The lowest BCUT2D eigenvalue weighted by atomic mass is 10.3. The third-order valence-corrected chi connectivity index (χ3v) is 8.32. The lowest BCUT2D eigenvalue weighted by Crippen LogP contribution is -2.42. The molecule has 0 aliphatic carbocycles. The van der Waals surface area contributed by atoms with Gasteiger partial charge in [-0.25, -0.2) is 8.42 Å². The maximum atomic E-state index is 12.4. The van der Waals surface area contributed by atoms with Crippen LogP contribution in [0.5, 0.6) is 0 Å². The predicted octanol–water partition coefficient (Wildman–Crippen LogP) is 3.84. The summed E-state index contributed by atoms with van der Waals surface area (Å²) < 4.78 is 29.8. The highest BCUT2D eigenvalue weighted by Crippen LogP contribution is 2.30. The molecule has 0 fully saturated rings. The summed E-state index contributed by atoms with van der Waals surface area (Å²) in [5.74, 6) is 2.46. The van der Waals surface area contributed by atoms with E-state index in [1.807, 2.05) is 42.4 Å². The Kier molecular flexibility index (Phi) is 5.51. The first-order valence-electron chi connectivity index (χ1n) is 9.61. The number of benzene rings is 1. The van der Waals surface area contributed by atoms with E-state index in [0.717, 1.165) is 28.1 Å². The molecule has 0 atom stereocenters. The van der Waals surface area contributed by atoms with Crippen molar-refractivity contribution in [3.8, 4) is 0 Å². The van der Waals surface area contributed by atoms with Gasteiger partial charge in [0.25, 0.3) is 21.7 Å². The summed E-state index contributed by atoms with van der Waals surface area (Å²) in [6, 6.07) is 12.5. The van der Waals surface area contributed by atoms with Crippen molar-refractivity contribution in [1.29, 1.82) is 0 Å². The number of anilines is 2. The zero-order chi connectivity index (χ0) is 22.1. The van der Waals surface area contributed by atoms with Gasteiger partial charge in [0.2, 0.25) is 0 Å². The van der Waals surface area contributed by atoms with Crippen LogP contribution in [0, 0.1) is 6.92 Å². The first-order chi connectivity index (χ1) is 15.5. The van der Waals surface area contributed by atoms with Crippen LogP contribution >= 0.6 is 23.3 Å². The van der Waals surface area contributed by atoms with Crippen LogP contribution in [0.2, 0.25) is 0 Å². The Morgan fingerprint density at radius 2 is 2.09 bits per heavy atom. The zero-order valence-corrected chi connectivity index (χ0v) is 19.3. The highest BCUT2D eigenvalue weighted by atomic mass is 32.2. The number of thiophene rings is 1. The molecule has 9 nitrogen and oxygen atoms in total. The van der Waals surface area contributed by atoms with Gasteiger partial charge in [0.1, 0.15) is 10.8 Å². The zero-order valence-electron chi connectivity index (χ0n) is 16.9. The molecule has 32 heavy (non-hydrogen) atoms. The second-order valence-electron chi connectivity index (χ2n) is 7.02. The molecule has 0 spiro atoms. The van der Waals surface area contributed by atoms with Gasteiger partial charge in [0, 0.05) is 22.3 Å². The number of aryl methyl sites for hydroxylation is 1. The molecule has 2 aliphatic heterocycles. The summed E-state index contributed by atoms with van der Waals surface area (Å²) in [4.78, 5) is 7.41. The van der Waals surface area contributed by atoms with Crippen molar-refractivity contribution in [2.75, 3.05) is 16.6 Å². The number of aromatic nitrogens is 2. The van der Waals surface area contributed by atoms with E-state index >= 15 is 0 Å². The van der Waals surface area contributed by atoms with E-state index in [-0.39, 0.29) is 4.21 Å². The van der Waals surface area contributed by atoms with Crippen LogP contribution in [-0.4, -0.2) is 35.3 Å². The van der Waals surface area contributed by atoms with Gasteiger partial charge >= 0.3 is 0 Å². The minimum Gasteiger partial charge on any atom is -0.300 e. The van der Waals surface area contributed by atoms with Crippen LogP contribution in [0.15, 0.2) is 86.4 Å². The minimum atomic E-state index is -3.56. The Bertz CT molecular complexity index is 1310. The number of aliphatic imine (C=N–C) groups is 1. The highest BCUT2D eigenvalue weighted by Gasteiger charge is 2.37. The number of fused-ring (bicyclic) bond motifs is 1. The molecule has 163 valence electrons. The fourth-order valence-electron chi connectivity index (χ4n) is 3.16. The lowest BCUT2D eigenvalue weighted by molar-refractivity contribution is 0.603. The number of hydrogen-bond acceptors (Lipinski definition) is 9. The first-order valence-corrected chi connectivity index (χ1v) is 12.7. The maximum absolute atomic E-state index is 12.4. The molecule has 0 bridgehead atoms. The summed E-state index contributed by atoms with van der Waals surface area (Å²) >= 11 is 2.72. The number of rotatable bonds is 7. The molecule has 0 amide bonds. The third-order valence-electron chi connectivity index (χ3n) is 4.59. The van der Waals surface area contributed by atoms with Crippen LogP contribution in [0.3, 0.4) is 0 Å². The maximum Gasteiger partial charge on any atom is 0.285 e. The van der Waals surface area contributed by atoms with Crippen molar-refractivity contribution in [3.05, 3.63) is 78.0 Å². The van der Waals surface area contributed by atoms with E-state index in [0.29, 0.717) is 12.2 Å². The molecule has 1 aromatic carbocycles. The van der Waals surface area contributed by atoms with Crippen LogP contribution in [0.4, 0.5) is 11.5 Å². The summed E-state index contributed by atoms with van der Waals surface area (Å²) in [5.41, 5.74) is 1.49. The van der Waals surface area contributed by atoms with E-state index < -0.39 is 10.0 Å². The van der Waals surface area contributed by atoms with Gasteiger partial charge in [-0.2, -0.15) is 10.1 Å². The molecule has 0 saturated heterocycles. The summed E-state index contributed by atoms with van der Waals surface area (Å²) in [6.45, 7) is 2.57. The molecule has 4 heterocycles. The number of hydrogen-bond donors (Lipinski definition) is 3.